The Morgan fingerprint density at radius 1 is 0.743 bits per heavy atom. The number of unbranched alkanes of at least 4 members (excludes halogenated alkanes) is 4. The van der Waals surface area contributed by atoms with Gasteiger partial charge in [-0.1, -0.05) is 39.5 Å². The van der Waals surface area contributed by atoms with Crippen LogP contribution in [0.15, 0.2) is 46.2 Å². The summed E-state index contributed by atoms with van der Waals surface area (Å²) in [5, 5.41) is 0. The second-order valence-electron chi connectivity index (χ2n) is 8.34. The van der Waals surface area contributed by atoms with Gasteiger partial charge in [0, 0.05) is 0 Å². The fourth-order valence-corrected chi connectivity index (χ4v) is 6.93. The molecule has 0 fully saturated rings. The van der Waals surface area contributed by atoms with Gasteiger partial charge in [0.2, 0.25) is 0 Å². The summed E-state index contributed by atoms with van der Waals surface area (Å²) in [6, 6.07) is 8.07. The molecule has 0 radical (unpaired) electrons. The first-order chi connectivity index (χ1) is 16.6. The van der Waals surface area contributed by atoms with E-state index in [1.54, 1.807) is 13.8 Å². The number of sulfone groups is 2. The fourth-order valence-electron chi connectivity index (χ4n) is 3.42. The maximum absolute atomic E-state index is 13.2. The van der Waals surface area contributed by atoms with E-state index in [2.05, 4.69) is 18.6 Å². The van der Waals surface area contributed by atoms with Crippen molar-refractivity contribution in [3.05, 3.63) is 53.1 Å². The van der Waals surface area contributed by atoms with Crippen molar-refractivity contribution in [2.45, 2.75) is 76.0 Å². The minimum absolute atomic E-state index is 0.306. The lowest BCUT2D eigenvalue weighted by atomic mass is 10.2. The molecule has 0 bridgehead atoms. The van der Waals surface area contributed by atoms with Crippen LogP contribution in [0, 0.1) is 13.8 Å². The number of benzene rings is 2. The van der Waals surface area contributed by atoms with Gasteiger partial charge in [-0.2, -0.15) is 0 Å². The van der Waals surface area contributed by atoms with Gasteiger partial charge in [0.1, 0.15) is 11.5 Å². The number of nitrogens with zero attached hydrogens (tertiary/aromatic N) is 2. The first-order valence-electron chi connectivity index (χ1n) is 11.8. The smallest absolute Gasteiger partial charge is 0.493 e. The standard InChI is InChI=1S/C25H34N2O6S2/c1-5-7-9-15-32-23-13-11-21(17-19(23)3)34(28,29)25(27-26)35(30,31)22-12-14-24(20(4)18-22)33-16-10-8-6-2/h11-14,17-18H,5-10,15-16H2,1-4H3. The van der Waals surface area contributed by atoms with Crippen LogP contribution in [0.25, 0.3) is 5.53 Å². The average molecular weight is 523 g/mol. The molecule has 0 saturated heterocycles. The third-order valence-corrected chi connectivity index (χ3v) is 9.61. The second-order valence-corrected chi connectivity index (χ2v) is 12.3. The molecule has 35 heavy (non-hydrogen) atoms. The normalized spacial score (nSPS) is 11.7. The van der Waals surface area contributed by atoms with Gasteiger partial charge in [0.05, 0.1) is 23.0 Å². The van der Waals surface area contributed by atoms with Crippen LogP contribution in [0.1, 0.15) is 63.5 Å². The SMILES string of the molecule is CCCCCOc1ccc(S(=O)(=O)C(=[N+]=[N-])S(=O)(=O)c2ccc(OCCCCC)c(C)c2)cc1C. The fraction of sp³-hybridized carbons (Fsp3) is 0.480. The summed E-state index contributed by atoms with van der Waals surface area (Å²) in [5.74, 6) is 1.02. The molecule has 0 heterocycles. The van der Waals surface area contributed by atoms with Crippen molar-refractivity contribution in [1.29, 1.82) is 0 Å². The van der Waals surface area contributed by atoms with E-state index in [1.165, 1.54) is 36.4 Å². The Kier molecular flexibility index (Phi) is 10.5. The molecule has 0 aliphatic heterocycles. The molecule has 2 rings (SSSR count). The third-order valence-electron chi connectivity index (χ3n) is 5.47. The second kappa shape index (κ2) is 12.9. The lowest BCUT2D eigenvalue weighted by Crippen LogP contribution is -2.26. The molecule has 192 valence electrons. The highest BCUT2D eigenvalue weighted by molar-refractivity contribution is 8.31. The number of rotatable bonds is 12. The van der Waals surface area contributed by atoms with Gasteiger partial charge in [-0.3, -0.25) is 0 Å². The number of aryl methyl sites for hydroxylation is 2. The molecule has 0 N–H and O–H groups in total. The minimum atomic E-state index is -4.64. The Morgan fingerprint density at radius 2 is 1.14 bits per heavy atom. The van der Waals surface area contributed by atoms with E-state index < -0.39 is 24.1 Å². The molecule has 2 aromatic carbocycles. The maximum Gasteiger partial charge on any atom is 0.504 e. The number of ether oxygens (including phenoxy) is 2. The Hall–Kier alpha value is -2.68. The zero-order chi connectivity index (χ0) is 26.1. The molecule has 0 aliphatic rings. The van der Waals surface area contributed by atoms with Crippen LogP contribution in [0.3, 0.4) is 0 Å². The van der Waals surface area contributed by atoms with Crippen molar-refractivity contribution in [3.63, 3.8) is 0 Å². The van der Waals surface area contributed by atoms with E-state index in [-0.39, 0.29) is 9.79 Å². The summed E-state index contributed by atoms with van der Waals surface area (Å²) in [5.41, 5.74) is 10.5. The molecule has 0 unspecified atom stereocenters. The van der Waals surface area contributed by atoms with Gasteiger partial charge in [0.25, 0.3) is 19.7 Å². The van der Waals surface area contributed by atoms with Crippen LogP contribution >= 0.6 is 0 Å². The van der Waals surface area contributed by atoms with Gasteiger partial charge in [0.15, 0.2) is 0 Å². The monoisotopic (exact) mass is 522 g/mol. The lowest BCUT2D eigenvalue weighted by Gasteiger charge is -2.11. The Labute approximate surface area is 208 Å². The van der Waals surface area contributed by atoms with Crippen LogP contribution in [0.5, 0.6) is 11.5 Å². The van der Waals surface area contributed by atoms with E-state index in [9.17, 15) is 22.4 Å². The van der Waals surface area contributed by atoms with Crippen molar-refractivity contribution < 1.29 is 31.1 Å². The van der Waals surface area contributed by atoms with E-state index in [0.717, 1.165) is 38.5 Å². The van der Waals surface area contributed by atoms with Crippen molar-refractivity contribution in [2.24, 2.45) is 0 Å². The van der Waals surface area contributed by atoms with E-state index in [0.29, 0.717) is 35.8 Å². The first kappa shape index (κ1) is 28.6. The largest absolute Gasteiger partial charge is 0.504 e. The zero-order valence-electron chi connectivity index (χ0n) is 20.8. The first-order valence-corrected chi connectivity index (χ1v) is 14.7. The van der Waals surface area contributed by atoms with Crippen LogP contribution in [0.2, 0.25) is 0 Å². The van der Waals surface area contributed by atoms with Gasteiger partial charge in [-0.25, -0.2) is 16.8 Å². The maximum atomic E-state index is 13.2. The number of hydrogen-bond acceptors (Lipinski definition) is 6. The molecule has 10 heteroatoms. The average Bonchev–Trinajstić information content (AvgIpc) is 2.81. The van der Waals surface area contributed by atoms with E-state index in [4.69, 9.17) is 9.47 Å². The summed E-state index contributed by atoms with van der Waals surface area (Å²) in [6.07, 6.45) is 5.88. The molecule has 0 saturated carbocycles. The minimum Gasteiger partial charge on any atom is -0.493 e. The highest BCUT2D eigenvalue weighted by atomic mass is 32.3. The molecule has 0 amide bonds. The summed E-state index contributed by atoms with van der Waals surface area (Å²) in [6.45, 7) is 8.49. The topological polar surface area (TPSA) is 123 Å². The molecule has 0 aromatic heterocycles. The highest BCUT2D eigenvalue weighted by Gasteiger charge is 2.44. The third kappa shape index (κ3) is 7.16. The van der Waals surface area contributed by atoms with E-state index in [1.807, 2.05) is 0 Å². The predicted octanol–water partition coefficient (Wildman–Crippen LogP) is 5.27. The van der Waals surface area contributed by atoms with Crippen molar-refractivity contribution in [1.82, 2.24) is 0 Å². The molecule has 0 spiro atoms. The quantitative estimate of drug-likeness (QED) is 0.123. The van der Waals surface area contributed by atoms with Crippen molar-refractivity contribution >= 4 is 24.1 Å². The summed E-state index contributed by atoms with van der Waals surface area (Å²) >= 11 is 0. The van der Waals surface area contributed by atoms with Crippen LogP contribution in [0.4, 0.5) is 0 Å². The van der Waals surface area contributed by atoms with Gasteiger partial charge in [-0.05, 0) is 74.2 Å². The van der Waals surface area contributed by atoms with Crippen molar-refractivity contribution in [3.8, 4) is 11.5 Å². The van der Waals surface area contributed by atoms with Crippen LogP contribution < -0.4 is 9.47 Å². The Bertz CT molecular complexity index is 1190. The summed E-state index contributed by atoms with van der Waals surface area (Å²) < 4.78 is 62.7. The Balaban J connectivity index is 2.31. The van der Waals surface area contributed by atoms with Crippen molar-refractivity contribution in [2.75, 3.05) is 13.2 Å². The van der Waals surface area contributed by atoms with E-state index >= 15 is 0 Å². The molecular weight excluding hydrogens is 488 g/mol. The highest BCUT2D eigenvalue weighted by Crippen LogP contribution is 2.28. The van der Waals surface area contributed by atoms with Crippen LogP contribution in [-0.2, 0) is 19.7 Å². The lowest BCUT2D eigenvalue weighted by molar-refractivity contribution is 0.00380. The molecule has 8 nitrogen and oxygen atoms in total. The Morgan fingerprint density at radius 3 is 1.46 bits per heavy atom. The van der Waals surface area contributed by atoms with Gasteiger partial charge >= 0.3 is 4.38 Å². The zero-order valence-corrected chi connectivity index (χ0v) is 22.4. The molecular formula is C25H34N2O6S2. The molecule has 0 aliphatic carbocycles. The summed E-state index contributed by atoms with van der Waals surface area (Å²) in [4.78, 5) is 2.10. The van der Waals surface area contributed by atoms with Gasteiger partial charge < -0.3 is 15.0 Å². The molecule has 0 atom stereocenters. The van der Waals surface area contributed by atoms with Crippen LogP contribution in [-0.4, -0.2) is 39.2 Å². The predicted molar refractivity (Wildman–Crippen MR) is 135 cm³/mol. The van der Waals surface area contributed by atoms with Gasteiger partial charge in [-0.15, -0.1) is 4.79 Å². The molecule has 2 aromatic rings. The summed E-state index contributed by atoms with van der Waals surface area (Å²) in [7, 11) is -9.29. The number of hydrogen-bond donors (Lipinski definition) is 0.